The van der Waals surface area contributed by atoms with Gasteiger partial charge in [0.1, 0.15) is 18.2 Å². The van der Waals surface area contributed by atoms with Crippen molar-refractivity contribution in [1.82, 2.24) is 14.5 Å². The van der Waals surface area contributed by atoms with E-state index in [-0.39, 0.29) is 0 Å². The second kappa shape index (κ2) is 4.86. The molecule has 3 aromatic rings. The number of nitrogens with zero attached hydrogens (tertiary/aromatic N) is 4. The van der Waals surface area contributed by atoms with Gasteiger partial charge in [-0.25, -0.2) is 9.97 Å². The van der Waals surface area contributed by atoms with E-state index in [1.807, 2.05) is 30.5 Å². The number of rotatable bonds is 1. The SMILES string of the molecule is Cc1c(C)n(-c2ccc(Br)cc2C#N)c2ncnc(N)c12. The maximum Gasteiger partial charge on any atom is 0.150 e. The summed E-state index contributed by atoms with van der Waals surface area (Å²) in [6.45, 7) is 3.97. The lowest BCUT2D eigenvalue weighted by atomic mass is 10.2. The van der Waals surface area contributed by atoms with Gasteiger partial charge >= 0.3 is 0 Å². The molecule has 6 heteroatoms. The van der Waals surface area contributed by atoms with Crippen molar-refractivity contribution in [2.45, 2.75) is 13.8 Å². The topological polar surface area (TPSA) is 80.5 Å². The van der Waals surface area contributed by atoms with Gasteiger partial charge in [-0.3, -0.25) is 4.57 Å². The predicted octanol–water partition coefficient (Wildman–Crippen LogP) is 3.25. The van der Waals surface area contributed by atoms with E-state index in [9.17, 15) is 5.26 Å². The van der Waals surface area contributed by atoms with Gasteiger partial charge in [-0.05, 0) is 37.6 Å². The average molecular weight is 342 g/mol. The van der Waals surface area contributed by atoms with E-state index in [0.717, 1.165) is 32.5 Å². The van der Waals surface area contributed by atoms with Crippen molar-refractivity contribution in [3.05, 3.63) is 45.8 Å². The number of aryl methyl sites for hydroxylation is 1. The second-order valence-corrected chi connectivity index (χ2v) is 5.69. The number of fused-ring (bicyclic) bond motifs is 1. The van der Waals surface area contributed by atoms with Crippen LogP contribution in [0.15, 0.2) is 29.0 Å². The second-order valence-electron chi connectivity index (χ2n) is 4.78. The van der Waals surface area contributed by atoms with Crippen LogP contribution in [0, 0.1) is 25.2 Å². The fourth-order valence-electron chi connectivity index (χ4n) is 2.51. The first-order valence-electron chi connectivity index (χ1n) is 6.32. The summed E-state index contributed by atoms with van der Waals surface area (Å²) in [5.41, 5.74) is 10.1. The molecule has 0 saturated heterocycles. The number of nitrogens with two attached hydrogens (primary N) is 1. The number of hydrogen-bond donors (Lipinski definition) is 1. The third kappa shape index (κ3) is 1.98. The van der Waals surface area contributed by atoms with Gasteiger partial charge in [0.25, 0.3) is 0 Å². The normalized spacial score (nSPS) is 10.8. The van der Waals surface area contributed by atoms with Crippen LogP contribution in [0.3, 0.4) is 0 Å². The first kappa shape index (κ1) is 13.6. The number of aromatic nitrogens is 3. The molecule has 0 aliphatic rings. The highest BCUT2D eigenvalue weighted by molar-refractivity contribution is 9.10. The van der Waals surface area contributed by atoms with Crippen LogP contribution in [-0.4, -0.2) is 14.5 Å². The summed E-state index contributed by atoms with van der Waals surface area (Å²) in [5, 5.41) is 10.2. The lowest BCUT2D eigenvalue weighted by Crippen LogP contribution is -2.01. The maximum atomic E-state index is 9.39. The van der Waals surface area contributed by atoms with Gasteiger partial charge in [-0.2, -0.15) is 5.26 Å². The molecule has 0 fully saturated rings. The average Bonchev–Trinajstić information content (AvgIpc) is 2.72. The van der Waals surface area contributed by atoms with E-state index >= 15 is 0 Å². The highest BCUT2D eigenvalue weighted by Gasteiger charge is 2.18. The molecule has 2 heterocycles. The van der Waals surface area contributed by atoms with Crippen molar-refractivity contribution in [2.24, 2.45) is 0 Å². The number of anilines is 1. The minimum atomic E-state index is 0.454. The van der Waals surface area contributed by atoms with Gasteiger partial charge in [-0.1, -0.05) is 15.9 Å². The molecule has 104 valence electrons. The Morgan fingerprint density at radius 3 is 2.76 bits per heavy atom. The Morgan fingerprint density at radius 2 is 2.05 bits per heavy atom. The molecule has 5 nitrogen and oxygen atoms in total. The van der Waals surface area contributed by atoms with Crippen LogP contribution in [0.5, 0.6) is 0 Å². The summed E-state index contributed by atoms with van der Waals surface area (Å²) < 4.78 is 2.82. The summed E-state index contributed by atoms with van der Waals surface area (Å²) in [5.74, 6) is 0.454. The van der Waals surface area contributed by atoms with E-state index < -0.39 is 0 Å². The quantitative estimate of drug-likeness (QED) is 0.736. The van der Waals surface area contributed by atoms with Crippen LogP contribution in [0.4, 0.5) is 5.82 Å². The number of hydrogen-bond acceptors (Lipinski definition) is 4. The van der Waals surface area contributed by atoms with Crippen LogP contribution in [-0.2, 0) is 0 Å². The van der Waals surface area contributed by atoms with Crippen LogP contribution >= 0.6 is 15.9 Å². The smallest absolute Gasteiger partial charge is 0.150 e. The molecule has 0 aliphatic carbocycles. The molecule has 0 amide bonds. The minimum absolute atomic E-state index is 0.454. The molecule has 2 N–H and O–H groups in total. The number of nitrogen functional groups attached to an aromatic ring is 1. The molecule has 21 heavy (non-hydrogen) atoms. The molecule has 1 aromatic carbocycles. The van der Waals surface area contributed by atoms with Crippen LogP contribution in [0.2, 0.25) is 0 Å². The van der Waals surface area contributed by atoms with E-state index in [0.29, 0.717) is 11.4 Å². The molecule has 3 rings (SSSR count). The van der Waals surface area contributed by atoms with E-state index in [1.165, 1.54) is 6.33 Å². The van der Waals surface area contributed by atoms with E-state index in [4.69, 9.17) is 5.73 Å². The van der Waals surface area contributed by atoms with Gasteiger partial charge in [0, 0.05) is 10.2 Å². The summed E-state index contributed by atoms with van der Waals surface area (Å²) in [6.07, 6.45) is 1.44. The number of halogens is 1. The lowest BCUT2D eigenvalue weighted by Gasteiger charge is -2.10. The Morgan fingerprint density at radius 1 is 1.29 bits per heavy atom. The zero-order valence-corrected chi connectivity index (χ0v) is 13.1. The van der Waals surface area contributed by atoms with Gasteiger partial charge in [0.2, 0.25) is 0 Å². The number of nitriles is 1. The van der Waals surface area contributed by atoms with Crippen molar-refractivity contribution in [1.29, 1.82) is 5.26 Å². The van der Waals surface area contributed by atoms with Crippen LogP contribution in [0.1, 0.15) is 16.8 Å². The molecule has 0 spiro atoms. The summed E-state index contributed by atoms with van der Waals surface area (Å²) >= 11 is 3.39. The molecule has 0 aliphatic heterocycles. The van der Waals surface area contributed by atoms with Crippen molar-refractivity contribution < 1.29 is 0 Å². The van der Waals surface area contributed by atoms with E-state index in [1.54, 1.807) is 6.07 Å². The van der Waals surface area contributed by atoms with Crippen molar-refractivity contribution in [2.75, 3.05) is 5.73 Å². The molecular weight excluding hydrogens is 330 g/mol. The van der Waals surface area contributed by atoms with Gasteiger partial charge in [0.05, 0.1) is 16.6 Å². The van der Waals surface area contributed by atoms with Crippen LogP contribution in [0.25, 0.3) is 16.7 Å². The van der Waals surface area contributed by atoms with Crippen molar-refractivity contribution >= 4 is 32.8 Å². The van der Waals surface area contributed by atoms with Crippen molar-refractivity contribution in [3.8, 4) is 11.8 Å². The summed E-state index contributed by atoms with van der Waals surface area (Å²) in [6, 6.07) is 7.82. The first-order chi connectivity index (χ1) is 10.0. The van der Waals surface area contributed by atoms with Gasteiger partial charge in [-0.15, -0.1) is 0 Å². The predicted molar refractivity (Wildman–Crippen MR) is 85.2 cm³/mol. The third-order valence-electron chi connectivity index (χ3n) is 3.64. The third-order valence-corrected chi connectivity index (χ3v) is 4.13. The zero-order chi connectivity index (χ0) is 15.1. The summed E-state index contributed by atoms with van der Waals surface area (Å²) in [4.78, 5) is 8.40. The molecule has 0 atom stereocenters. The molecule has 0 bridgehead atoms. The Bertz CT molecular complexity index is 905. The van der Waals surface area contributed by atoms with Crippen molar-refractivity contribution in [3.63, 3.8) is 0 Å². The van der Waals surface area contributed by atoms with E-state index in [2.05, 4.69) is 32.0 Å². The molecular formula is C15H12BrN5. The zero-order valence-electron chi connectivity index (χ0n) is 11.6. The largest absolute Gasteiger partial charge is 0.383 e. The highest BCUT2D eigenvalue weighted by Crippen LogP contribution is 2.31. The van der Waals surface area contributed by atoms with Gasteiger partial charge < -0.3 is 5.73 Å². The Balaban J connectivity index is 2.45. The molecule has 0 unspecified atom stereocenters. The number of benzene rings is 1. The standard InChI is InChI=1S/C15H12BrN5/c1-8-9(2)21(15-13(8)14(18)19-7-20-15)12-4-3-11(16)5-10(12)6-17/h3-5,7H,1-2H3,(H2,18,19,20). The fourth-order valence-corrected chi connectivity index (χ4v) is 2.87. The Labute approximate surface area is 130 Å². The monoisotopic (exact) mass is 341 g/mol. The molecule has 0 radical (unpaired) electrons. The highest BCUT2D eigenvalue weighted by atomic mass is 79.9. The maximum absolute atomic E-state index is 9.39. The lowest BCUT2D eigenvalue weighted by molar-refractivity contribution is 1.01. The minimum Gasteiger partial charge on any atom is -0.383 e. The fraction of sp³-hybridized carbons (Fsp3) is 0.133. The van der Waals surface area contributed by atoms with Crippen LogP contribution < -0.4 is 5.73 Å². The Hall–Kier alpha value is -2.39. The molecule has 2 aromatic heterocycles. The van der Waals surface area contributed by atoms with Gasteiger partial charge in [0.15, 0.2) is 5.65 Å². The first-order valence-corrected chi connectivity index (χ1v) is 7.12. The Kier molecular flexibility index (Phi) is 3.15. The molecule has 0 saturated carbocycles. The summed E-state index contributed by atoms with van der Waals surface area (Å²) in [7, 11) is 0.